The van der Waals surface area contributed by atoms with Crippen molar-refractivity contribution < 1.29 is 9.53 Å². The summed E-state index contributed by atoms with van der Waals surface area (Å²) in [5.74, 6) is -0.307. The molecule has 0 aliphatic heterocycles. The Hall–Kier alpha value is -1.77. The predicted octanol–water partition coefficient (Wildman–Crippen LogP) is 3.41. The molecule has 0 saturated heterocycles. The first kappa shape index (κ1) is 14.3. The molecule has 0 fully saturated rings. The van der Waals surface area contributed by atoms with Crippen LogP contribution in [-0.4, -0.2) is 13.1 Å². The van der Waals surface area contributed by atoms with Crippen LogP contribution in [0.5, 0.6) is 0 Å². The van der Waals surface area contributed by atoms with Gasteiger partial charge in [-0.1, -0.05) is 31.9 Å². The lowest BCUT2D eigenvalue weighted by molar-refractivity contribution is -0.134. The molecule has 0 atom stereocenters. The molecule has 2 N–H and O–H groups in total. The summed E-state index contributed by atoms with van der Waals surface area (Å²) < 4.78 is 4.69. The van der Waals surface area contributed by atoms with Crippen LogP contribution in [0.15, 0.2) is 30.3 Å². The fourth-order valence-corrected chi connectivity index (χ4v) is 1.76. The Labute approximate surface area is 109 Å². The van der Waals surface area contributed by atoms with E-state index in [-0.39, 0.29) is 5.97 Å². The minimum atomic E-state index is -0.307. The number of nitrogen functional groups attached to an aromatic ring is 1. The maximum Gasteiger partial charge on any atom is 0.330 e. The van der Waals surface area contributed by atoms with Gasteiger partial charge in [0.2, 0.25) is 0 Å². The number of ether oxygens (including phenoxy) is 1. The van der Waals surface area contributed by atoms with E-state index < -0.39 is 0 Å². The lowest BCUT2D eigenvalue weighted by Gasteiger charge is -2.08. The van der Waals surface area contributed by atoms with Gasteiger partial charge in [0.25, 0.3) is 0 Å². The van der Waals surface area contributed by atoms with Crippen LogP contribution in [0.1, 0.15) is 38.2 Å². The number of carbonyl (C=O) groups is 1. The van der Waals surface area contributed by atoms with Gasteiger partial charge in [-0.3, -0.25) is 0 Å². The molecule has 1 aromatic carbocycles. The summed E-state index contributed by atoms with van der Waals surface area (Å²) >= 11 is 0. The Bertz CT molecular complexity index is 407. The van der Waals surface area contributed by atoms with E-state index in [1.54, 1.807) is 6.08 Å². The van der Waals surface area contributed by atoms with Crippen LogP contribution in [0.2, 0.25) is 0 Å². The first-order chi connectivity index (χ1) is 8.67. The molecule has 98 valence electrons. The van der Waals surface area contributed by atoms with Crippen LogP contribution < -0.4 is 5.73 Å². The van der Waals surface area contributed by atoms with Gasteiger partial charge in [-0.2, -0.15) is 0 Å². The van der Waals surface area contributed by atoms with Crippen LogP contribution in [0, 0.1) is 0 Å². The number of hydrogen-bond acceptors (Lipinski definition) is 3. The third kappa shape index (κ3) is 4.62. The Morgan fingerprint density at radius 3 is 2.50 bits per heavy atom. The summed E-state index contributed by atoms with van der Waals surface area (Å²) in [6, 6.07) is 7.58. The molecule has 3 heteroatoms. The number of nitrogens with two attached hydrogens (primary N) is 1. The van der Waals surface area contributed by atoms with E-state index in [0.717, 1.165) is 42.5 Å². The average Bonchev–Trinajstić information content (AvgIpc) is 2.38. The first-order valence-corrected chi connectivity index (χ1v) is 6.31. The van der Waals surface area contributed by atoms with Crippen molar-refractivity contribution in [2.45, 2.75) is 32.6 Å². The Kier molecular flexibility index (Phi) is 5.98. The number of methoxy groups -OCH3 is 1. The number of rotatable bonds is 6. The molecule has 3 nitrogen and oxygen atoms in total. The molecule has 0 aliphatic rings. The van der Waals surface area contributed by atoms with Gasteiger partial charge >= 0.3 is 5.97 Å². The Morgan fingerprint density at radius 2 is 1.94 bits per heavy atom. The molecule has 0 saturated carbocycles. The van der Waals surface area contributed by atoms with Gasteiger partial charge in [0.1, 0.15) is 0 Å². The van der Waals surface area contributed by atoms with Crippen molar-refractivity contribution in [1.29, 1.82) is 0 Å². The van der Waals surface area contributed by atoms with E-state index in [1.165, 1.54) is 7.11 Å². The molecule has 1 rings (SSSR count). The average molecular weight is 247 g/mol. The number of carbonyl (C=O) groups excluding carboxylic acids is 1. The summed E-state index contributed by atoms with van der Waals surface area (Å²) in [5, 5.41) is 0. The minimum absolute atomic E-state index is 0.307. The third-order valence-electron chi connectivity index (χ3n) is 2.82. The summed E-state index contributed by atoms with van der Waals surface area (Å²) in [4.78, 5) is 11.4. The molecular weight excluding hydrogens is 226 g/mol. The van der Waals surface area contributed by atoms with Crippen LogP contribution in [0.3, 0.4) is 0 Å². The summed E-state index contributed by atoms with van der Waals surface area (Å²) in [6.07, 6.45) is 5.85. The van der Waals surface area contributed by atoms with Gasteiger partial charge in [-0.25, -0.2) is 4.79 Å². The molecular formula is C15H21NO2. The van der Waals surface area contributed by atoms with Crippen molar-refractivity contribution in [3.05, 3.63) is 35.9 Å². The number of benzene rings is 1. The highest BCUT2D eigenvalue weighted by Crippen LogP contribution is 2.22. The van der Waals surface area contributed by atoms with Crippen molar-refractivity contribution in [2.24, 2.45) is 0 Å². The predicted molar refractivity (Wildman–Crippen MR) is 75.0 cm³/mol. The van der Waals surface area contributed by atoms with Gasteiger partial charge in [0.05, 0.1) is 7.11 Å². The van der Waals surface area contributed by atoms with E-state index in [9.17, 15) is 4.79 Å². The molecule has 0 aliphatic carbocycles. The number of unbranched alkanes of at least 4 members (excludes halogenated alkanes) is 2. The topological polar surface area (TPSA) is 52.3 Å². The lowest BCUT2D eigenvalue weighted by Crippen LogP contribution is -1.98. The molecule has 1 aromatic rings. The zero-order chi connectivity index (χ0) is 13.4. The van der Waals surface area contributed by atoms with E-state index in [4.69, 9.17) is 10.5 Å². The van der Waals surface area contributed by atoms with E-state index in [1.807, 2.05) is 24.3 Å². The number of esters is 1. The molecule has 0 amide bonds. The maximum absolute atomic E-state index is 11.4. The van der Waals surface area contributed by atoms with Gasteiger partial charge in [-0.15, -0.1) is 0 Å². The zero-order valence-electron chi connectivity index (χ0n) is 11.1. The van der Waals surface area contributed by atoms with Gasteiger partial charge in [0, 0.05) is 11.8 Å². The monoisotopic (exact) mass is 247 g/mol. The molecule has 0 bridgehead atoms. The van der Waals surface area contributed by atoms with Gasteiger partial charge in [0.15, 0.2) is 0 Å². The maximum atomic E-state index is 11.4. The van der Waals surface area contributed by atoms with Crippen LogP contribution >= 0.6 is 0 Å². The van der Waals surface area contributed by atoms with Crippen molar-refractivity contribution in [3.63, 3.8) is 0 Å². The Morgan fingerprint density at radius 1 is 1.28 bits per heavy atom. The molecule has 0 heterocycles. The fraction of sp³-hybridized carbons (Fsp3) is 0.400. The minimum Gasteiger partial charge on any atom is -0.466 e. The second-order valence-electron chi connectivity index (χ2n) is 4.27. The molecule has 0 aromatic heterocycles. The number of allylic oxidation sites excluding steroid dienone is 1. The molecule has 0 spiro atoms. The SMILES string of the molecule is CCCCC/C(=C\C(=O)OC)c1ccc(N)cc1. The van der Waals surface area contributed by atoms with Crippen molar-refractivity contribution in [3.8, 4) is 0 Å². The van der Waals surface area contributed by atoms with Gasteiger partial charge in [-0.05, 0) is 36.1 Å². The lowest BCUT2D eigenvalue weighted by atomic mass is 9.99. The Balaban J connectivity index is 2.85. The van der Waals surface area contributed by atoms with Crippen molar-refractivity contribution in [2.75, 3.05) is 12.8 Å². The highest BCUT2D eigenvalue weighted by Gasteiger charge is 2.05. The van der Waals surface area contributed by atoms with Crippen molar-refractivity contribution in [1.82, 2.24) is 0 Å². The van der Waals surface area contributed by atoms with Gasteiger partial charge < -0.3 is 10.5 Å². The standard InChI is InChI=1S/C15H21NO2/c1-3-4-5-6-13(11-15(17)18-2)12-7-9-14(16)10-8-12/h7-11H,3-6,16H2,1-2H3/b13-11+. The number of anilines is 1. The van der Waals surface area contributed by atoms with Crippen molar-refractivity contribution >= 4 is 17.2 Å². The quantitative estimate of drug-likeness (QED) is 0.363. The highest BCUT2D eigenvalue weighted by atomic mass is 16.5. The third-order valence-corrected chi connectivity index (χ3v) is 2.82. The van der Waals surface area contributed by atoms with Crippen LogP contribution in [0.25, 0.3) is 5.57 Å². The normalized spacial score (nSPS) is 11.3. The van der Waals surface area contributed by atoms with E-state index >= 15 is 0 Å². The molecule has 18 heavy (non-hydrogen) atoms. The van der Waals surface area contributed by atoms with E-state index in [2.05, 4.69) is 6.92 Å². The smallest absolute Gasteiger partial charge is 0.330 e. The highest BCUT2D eigenvalue weighted by molar-refractivity contribution is 5.91. The second-order valence-corrected chi connectivity index (χ2v) is 4.27. The second kappa shape index (κ2) is 7.54. The molecule has 0 radical (unpaired) electrons. The number of hydrogen-bond donors (Lipinski definition) is 1. The fourth-order valence-electron chi connectivity index (χ4n) is 1.76. The first-order valence-electron chi connectivity index (χ1n) is 6.31. The van der Waals surface area contributed by atoms with Crippen LogP contribution in [-0.2, 0) is 9.53 Å². The summed E-state index contributed by atoms with van der Waals surface area (Å²) in [7, 11) is 1.39. The zero-order valence-corrected chi connectivity index (χ0v) is 11.1. The van der Waals surface area contributed by atoms with Crippen LogP contribution in [0.4, 0.5) is 5.69 Å². The summed E-state index contributed by atoms with van der Waals surface area (Å²) in [6.45, 7) is 2.16. The summed E-state index contributed by atoms with van der Waals surface area (Å²) in [5.41, 5.74) is 8.43. The molecule has 0 unspecified atom stereocenters. The largest absolute Gasteiger partial charge is 0.466 e. The van der Waals surface area contributed by atoms with E-state index in [0.29, 0.717) is 0 Å².